The number of anilines is 1. The molecular formula is C26H29FN4O2S. The van der Waals surface area contributed by atoms with E-state index < -0.39 is 0 Å². The van der Waals surface area contributed by atoms with E-state index in [2.05, 4.69) is 20.1 Å². The van der Waals surface area contributed by atoms with Gasteiger partial charge in [-0.1, -0.05) is 30.3 Å². The Bertz CT molecular complexity index is 1060. The Balaban J connectivity index is 1.21. The molecule has 1 fully saturated rings. The summed E-state index contributed by atoms with van der Waals surface area (Å²) in [5, 5.41) is 14.4. The second kappa shape index (κ2) is 11.4. The maximum atomic E-state index is 13.2. The van der Waals surface area contributed by atoms with Crippen molar-refractivity contribution in [3.8, 4) is 0 Å². The Kier molecular flexibility index (Phi) is 8.03. The fraction of sp³-hybridized carbons (Fsp3) is 0.346. The summed E-state index contributed by atoms with van der Waals surface area (Å²) >= 11 is 5.54. The molecule has 1 aliphatic carbocycles. The van der Waals surface area contributed by atoms with Crippen LogP contribution in [0.4, 0.5) is 10.1 Å². The number of rotatable bonds is 6. The lowest BCUT2D eigenvalue weighted by atomic mass is 9.83. The Hall–Kier alpha value is -3.10. The molecule has 0 spiro atoms. The van der Waals surface area contributed by atoms with Gasteiger partial charge < -0.3 is 15.3 Å². The van der Waals surface area contributed by atoms with E-state index in [1.165, 1.54) is 18.3 Å². The lowest BCUT2D eigenvalue weighted by molar-refractivity contribution is -0.116. The van der Waals surface area contributed by atoms with E-state index in [4.69, 9.17) is 12.2 Å². The highest BCUT2D eigenvalue weighted by Crippen LogP contribution is 2.33. The third kappa shape index (κ3) is 6.27. The molecule has 1 saturated heterocycles. The van der Waals surface area contributed by atoms with Crippen LogP contribution in [0.5, 0.6) is 0 Å². The number of carbonyl (C=O) groups excluding carboxylic acids is 1. The largest absolute Gasteiger partial charge is 0.511 e. The van der Waals surface area contributed by atoms with Crippen molar-refractivity contribution in [3.63, 3.8) is 0 Å². The molecule has 0 aromatic heterocycles. The number of ketones is 1. The second-order valence-electron chi connectivity index (χ2n) is 8.60. The van der Waals surface area contributed by atoms with Crippen molar-refractivity contribution in [1.82, 2.24) is 9.80 Å². The molecule has 0 bridgehead atoms. The minimum absolute atomic E-state index is 0.0577. The number of aliphatic imine (C=N–C) groups is 1. The summed E-state index contributed by atoms with van der Waals surface area (Å²) in [6.07, 6.45) is 2.15. The number of para-hydroxylation sites is 1. The predicted molar refractivity (Wildman–Crippen MR) is 137 cm³/mol. The molecule has 2 aliphatic rings. The number of hydrogen-bond donors (Lipinski definition) is 2. The molecule has 4 rings (SSSR count). The number of benzene rings is 2. The fourth-order valence-electron chi connectivity index (χ4n) is 4.28. The van der Waals surface area contributed by atoms with Crippen LogP contribution in [0.25, 0.3) is 0 Å². The zero-order valence-electron chi connectivity index (χ0n) is 19.0. The molecule has 0 radical (unpaired) electrons. The zero-order valence-corrected chi connectivity index (χ0v) is 19.8. The number of thiocarbonyl (C=S) groups is 1. The first kappa shape index (κ1) is 24.0. The summed E-state index contributed by atoms with van der Waals surface area (Å²) in [6, 6.07) is 16.0. The molecule has 0 saturated carbocycles. The number of carbonyl (C=O) groups is 1. The topological polar surface area (TPSA) is 68.2 Å². The van der Waals surface area contributed by atoms with E-state index in [-0.39, 0.29) is 29.7 Å². The summed E-state index contributed by atoms with van der Waals surface area (Å²) in [6.45, 7) is 4.80. The van der Waals surface area contributed by atoms with Crippen LogP contribution in [-0.4, -0.2) is 71.3 Å². The van der Waals surface area contributed by atoms with Crippen LogP contribution in [0.1, 0.15) is 24.3 Å². The normalized spacial score (nSPS) is 19.6. The number of aliphatic hydroxyl groups excluding tert-OH is 1. The van der Waals surface area contributed by atoms with Crippen LogP contribution in [0, 0.1) is 5.82 Å². The number of hydrogen-bond acceptors (Lipinski definition) is 5. The Morgan fingerprint density at radius 3 is 2.47 bits per heavy atom. The first-order valence-corrected chi connectivity index (χ1v) is 11.9. The van der Waals surface area contributed by atoms with Gasteiger partial charge in [-0.25, -0.2) is 4.39 Å². The lowest BCUT2D eigenvalue weighted by Gasteiger charge is -2.36. The van der Waals surface area contributed by atoms with Crippen molar-refractivity contribution >= 4 is 35.0 Å². The van der Waals surface area contributed by atoms with E-state index in [0.717, 1.165) is 49.1 Å². The van der Waals surface area contributed by atoms with E-state index in [9.17, 15) is 14.3 Å². The lowest BCUT2D eigenvalue weighted by Crippen LogP contribution is -2.50. The third-order valence-corrected chi connectivity index (χ3v) is 6.63. The number of nitrogens with zero attached hydrogens (tertiary/aromatic N) is 3. The summed E-state index contributed by atoms with van der Waals surface area (Å²) in [4.78, 5) is 21.5. The predicted octanol–water partition coefficient (Wildman–Crippen LogP) is 4.17. The minimum atomic E-state index is -0.313. The molecular weight excluding hydrogens is 451 g/mol. The Labute approximate surface area is 204 Å². The quantitative estimate of drug-likeness (QED) is 0.478. The maximum absolute atomic E-state index is 13.2. The van der Waals surface area contributed by atoms with Crippen molar-refractivity contribution < 1.29 is 14.3 Å². The second-order valence-corrected chi connectivity index (χ2v) is 8.99. The molecule has 1 atom stereocenters. The van der Waals surface area contributed by atoms with Crippen LogP contribution >= 0.6 is 12.2 Å². The van der Waals surface area contributed by atoms with Crippen LogP contribution in [0.2, 0.25) is 0 Å². The molecule has 2 aromatic carbocycles. The first-order valence-electron chi connectivity index (χ1n) is 11.5. The number of aliphatic hydroxyl groups is 1. The monoisotopic (exact) mass is 480 g/mol. The summed E-state index contributed by atoms with van der Waals surface area (Å²) in [5.41, 5.74) is 2.14. The van der Waals surface area contributed by atoms with Gasteiger partial charge in [-0.15, -0.1) is 0 Å². The van der Waals surface area contributed by atoms with Crippen molar-refractivity contribution in [2.75, 3.05) is 44.6 Å². The molecule has 34 heavy (non-hydrogen) atoms. The number of piperazine rings is 1. The number of Topliss-reactive ketones (excluding diaryl/α,β-unsaturated/α-hetero) is 1. The number of halogens is 1. The van der Waals surface area contributed by atoms with E-state index in [1.54, 1.807) is 12.1 Å². The molecule has 0 amide bonds. The molecule has 2 aromatic rings. The van der Waals surface area contributed by atoms with Crippen molar-refractivity contribution in [1.29, 1.82) is 0 Å². The van der Waals surface area contributed by atoms with Crippen molar-refractivity contribution in [2.45, 2.75) is 18.8 Å². The number of nitrogens with one attached hydrogen (secondary N) is 1. The van der Waals surface area contributed by atoms with Crippen LogP contribution in [0.15, 0.2) is 70.9 Å². The Morgan fingerprint density at radius 1 is 1.09 bits per heavy atom. The highest BCUT2D eigenvalue weighted by Gasteiger charge is 2.27. The van der Waals surface area contributed by atoms with Gasteiger partial charge in [0.25, 0.3) is 0 Å². The fourth-order valence-corrected chi connectivity index (χ4v) is 4.58. The average molecular weight is 481 g/mol. The smallest absolute Gasteiger partial charge is 0.173 e. The zero-order chi connectivity index (χ0) is 23.9. The van der Waals surface area contributed by atoms with Gasteiger partial charge in [-0.05, 0) is 48.0 Å². The van der Waals surface area contributed by atoms with Crippen LogP contribution < -0.4 is 5.32 Å². The van der Waals surface area contributed by atoms with Gasteiger partial charge >= 0.3 is 0 Å². The summed E-state index contributed by atoms with van der Waals surface area (Å²) in [5.74, 6) is -0.521. The van der Waals surface area contributed by atoms with Gasteiger partial charge in [0, 0.05) is 57.5 Å². The standard InChI is InChI=1S/C26H29FN4O2S/c27-21-8-6-19(7-9-21)20-16-24(32)23(25(33)17-20)18-28-10-11-30-12-14-31(15-13-30)26(34)29-22-4-2-1-3-5-22/h1-9,18,20,32H,10-17H2,(H,29,34). The molecule has 178 valence electrons. The highest BCUT2D eigenvalue weighted by molar-refractivity contribution is 7.80. The van der Waals surface area contributed by atoms with Gasteiger partial charge in [-0.2, -0.15) is 0 Å². The molecule has 1 unspecified atom stereocenters. The van der Waals surface area contributed by atoms with E-state index in [0.29, 0.717) is 18.5 Å². The molecule has 8 heteroatoms. The summed E-state index contributed by atoms with van der Waals surface area (Å²) in [7, 11) is 0. The first-order chi connectivity index (χ1) is 16.5. The Morgan fingerprint density at radius 2 is 1.79 bits per heavy atom. The summed E-state index contributed by atoms with van der Waals surface area (Å²) < 4.78 is 13.2. The van der Waals surface area contributed by atoms with Crippen molar-refractivity contribution in [2.24, 2.45) is 4.99 Å². The van der Waals surface area contributed by atoms with Gasteiger partial charge in [0.15, 0.2) is 10.9 Å². The van der Waals surface area contributed by atoms with Gasteiger partial charge in [0.2, 0.25) is 0 Å². The van der Waals surface area contributed by atoms with E-state index >= 15 is 0 Å². The maximum Gasteiger partial charge on any atom is 0.173 e. The van der Waals surface area contributed by atoms with Gasteiger partial charge in [0.05, 0.1) is 12.1 Å². The SMILES string of the molecule is O=C1CC(c2ccc(F)cc2)CC(O)=C1C=NCCN1CCN(C(=S)Nc2ccccc2)CC1. The molecule has 6 nitrogen and oxygen atoms in total. The van der Waals surface area contributed by atoms with E-state index in [1.807, 2.05) is 30.3 Å². The molecule has 1 heterocycles. The minimum Gasteiger partial charge on any atom is -0.511 e. The van der Waals surface area contributed by atoms with Gasteiger partial charge in [0.1, 0.15) is 11.6 Å². The highest BCUT2D eigenvalue weighted by atomic mass is 32.1. The van der Waals surface area contributed by atoms with Crippen LogP contribution in [0.3, 0.4) is 0 Å². The third-order valence-electron chi connectivity index (χ3n) is 6.27. The van der Waals surface area contributed by atoms with Crippen molar-refractivity contribution in [3.05, 3.63) is 77.3 Å². The molecule has 2 N–H and O–H groups in total. The number of allylic oxidation sites excluding steroid dienone is 2. The van der Waals surface area contributed by atoms with Gasteiger partial charge in [-0.3, -0.25) is 14.7 Å². The average Bonchev–Trinajstić information content (AvgIpc) is 2.84. The van der Waals surface area contributed by atoms with Crippen LogP contribution in [-0.2, 0) is 4.79 Å². The molecule has 1 aliphatic heterocycles.